The van der Waals surface area contributed by atoms with Gasteiger partial charge in [-0.3, -0.25) is 4.79 Å². The van der Waals surface area contributed by atoms with Crippen LogP contribution in [0.1, 0.15) is 32.3 Å². The molecule has 1 amide bonds. The Bertz CT molecular complexity index is 517. The quantitative estimate of drug-likeness (QED) is 0.873. The van der Waals surface area contributed by atoms with Crippen molar-refractivity contribution in [2.75, 3.05) is 26.2 Å². The largest absolute Gasteiger partial charge is 0.343 e. The molecule has 0 aromatic heterocycles. The van der Waals surface area contributed by atoms with Crippen molar-refractivity contribution < 1.29 is 9.69 Å². The molecule has 0 aliphatic carbocycles. The third-order valence-corrected chi connectivity index (χ3v) is 5.08. The second-order valence-corrected chi connectivity index (χ2v) is 6.81. The summed E-state index contributed by atoms with van der Waals surface area (Å²) < 4.78 is 0. The average Bonchev–Trinajstić information content (AvgIpc) is 2.51. The lowest BCUT2D eigenvalue weighted by Gasteiger charge is -2.32. The van der Waals surface area contributed by atoms with Crippen LogP contribution in [-0.4, -0.2) is 37.0 Å². The van der Waals surface area contributed by atoms with Crippen LogP contribution in [0, 0.1) is 5.92 Å². The van der Waals surface area contributed by atoms with Crippen LogP contribution in [0.3, 0.4) is 0 Å². The van der Waals surface area contributed by atoms with Gasteiger partial charge in [0, 0.05) is 23.7 Å². The van der Waals surface area contributed by atoms with Crippen molar-refractivity contribution in [2.24, 2.45) is 5.92 Å². The van der Waals surface area contributed by atoms with Gasteiger partial charge in [-0.05, 0) is 38.8 Å². The zero-order chi connectivity index (χ0) is 16.1. The van der Waals surface area contributed by atoms with Gasteiger partial charge in [0.05, 0.1) is 24.0 Å². The molecule has 2 atom stereocenters. The molecule has 1 aliphatic rings. The number of piperidine rings is 1. The van der Waals surface area contributed by atoms with Crippen molar-refractivity contribution in [1.29, 1.82) is 0 Å². The fourth-order valence-corrected chi connectivity index (χ4v) is 3.73. The Morgan fingerprint density at radius 1 is 1.32 bits per heavy atom. The first-order chi connectivity index (χ1) is 10.5. The predicted octanol–water partition coefficient (Wildman–Crippen LogP) is 2.66. The number of carbonyl (C=O) groups is 1. The zero-order valence-corrected chi connectivity index (χ0v) is 14.9. The van der Waals surface area contributed by atoms with Crippen LogP contribution in [-0.2, 0) is 11.3 Å². The highest BCUT2D eigenvalue weighted by Gasteiger charge is 2.31. The molecule has 1 N–H and O–H groups in total. The Morgan fingerprint density at radius 2 is 2.05 bits per heavy atom. The van der Waals surface area contributed by atoms with E-state index in [2.05, 4.69) is 0 Å². The minimum absolute atomic E-state index is 0.148. The summed E-state index contributed by atoms with van der Waals surface area (Å²) in [5.74, 6) is 0.458. The van der Waals surface area contributed by atoms with E-state index in [4.69, 9.17) is 23.2 Å². The Kier molecular flexibility index (Phi) is 6.54. The monoisotopic (exact) mass is 343 g/mol. The molecule has 0 bridgehead atoms. The molecule has 0 saturated carbocycles. The summed E-state index contributed by atoms with van der Waals surface area (Å²) in [6, 6.07) is 5.67. The van der Waals surface area contributed by atoms with E-state index in [1.807, 2.05) is 30.9 Å². The molecule has 2 rings (SSSR count). The Balaban J connectivity index is 2.00. The zero-order valence-electron chi connectivity index (χ0n) is 13.4. The fraction of sp³-hybridized carbons (Fsp3) is 0.588. The molecule has 1 heterocycles. The minimum atomic E-state index is 0.148. The van der Waals surface area contributed by atoms with Crippen LogP contribution in [0.5, 0.6) is 0 Å². The first-order valence-electron chi connectivity index (χ1n) is 8.11. The molecule has 1 fully saturated rings. The predicted molar refractivity (Wildman–Crippen MR) is 91.5 cm³/mol. The molecule has 5 heteroatoms. The Morgan fingerprint density at radius 3 is 2.68 bits per heavy atom. The summed E-state index contributed by atoms with van der Waals surface area (Å²) in [5, 5.41) is 1.38. The van der Waals surface area contributed by atoms with Crippen LogP contribution >= 0.6 is 23.2 Å². The first-order valence-corrected chi connectivity index (χ1v) is 8.87. The molecule has 0 radical (unpaired) electrons. The van der Waals surface area contributed by atoms with Crippen LogP contribution in [0.25, 0.3) is 0 Å². The average molecular weight is 344 g/mol. The minimum Gasteiger partial charge on any atom is -0.343 e. The molecular weight excluding hydrogens is 319 g/mol. The van der Waals surface area contributed by atoms with Crippen LogP contribution < -0.4 is 4.90 Å². The number of hydrogen-bond acceptors (Lipinski definition) is 1. The van der Waals surface area contributed by atoms with Crippen LogP contribution in [0.15, 0.2) is 18.2 Å². The normalized spacial score (nSPS) is 21.6. The maximum atomic E-state index is 12.5. The second kappa shape index (κ2) is 8.19. The molecule has 1 aliphatic heterocycles. The molecule has 1 unspecified atom stereocenters. The third kappa shape index (κ3) is 4.37. The van der Waals surface area contributed by atoms with E-state index in [1.54, 1.807) is 6.07 Å². The van der Waals surface area contributed by atoms with E-state index in [-0.39, 0.29) is 5.92 Å². The molecule has 1 aromatic rings. The van der Waals surface area contributed by atoms with Gasteiger partial charge in [-0.2, -0.15) is 0 Å². The molecular formula is C17H25Cl2N2O+. The Hall–Kier alpha value is -0.770. The second-order valence-electron chi connectivity index (χ2n) is 5.97. The molecule has 0 spiro atoms. The number of quaternary nitrogens is 1. The number of rotatable bonds is 5. The van der Waals surface area contributed by atoms with E-state index in [0.29, 0.717) is 10.9 Å². The summed E-state index contributed by atoms with van der Waals surface area (Å²) >= 11 is 12.2. The number of nitrogens with zero attached hydrogens (tertiary/aromatic N) is 1. The topological polar surface area (TPSA) is 24.8 Å². The lowest BCUT2D eigenvalue weighted by Crippen LogP contribution is -3.12. The van der Waals surface area contributed by atoms with Gasteiger partial charge in [0.1, 0.15) is 6.54 Å². The van der Waals surface area contributed by atoms with Crippen molar-refractivity contribution >= 4 is 29.1 Å². The Labute approximate surface area is 143 Å². The van der Waals surface area contributed by atoms with E-state index >= 15 is 0 Å². The maximum absolute atomic E-state index is 12.5. The first kappa shape index (κ1) is 17.6. The van der Waals surface area contributed by atoms with Crippen molar-refractivity contribution in [3.05, 3.63) is 33.8 Å². The lowest BCUT2D eigenvalue weighted by molar-refractivity contribution is -0.921. The highest BCUT2D eigenvalue weighted by Crippen LogP contribution is 2.20. The van der Waals surface area contributed by atoms with E-state index < -0.39 is 0 Å². The van der Waals surface area contributed by atoms with Crippen molar-refractivity contribution in [2.45, 2.75) is 33.2 Å². The van der Waals surface area contributed by atoms with Gasteiger partial charge in [-0.25, -0.2) is 0 Å². The van der Waals surface area contributed by atoms with Gasteiger partial charge in [-0.15, -0.1) is 0 Å². The third-order valence-electron chi connectivity index (χ3n) is 4.50. The molecule has 1 saturated heterocycles. The number of amides is 1. The van der Waals surface area contributed by atoms with Crippen molar-refractivity contribution in [3.63, 3.8) is 0 Å². The lowest BCUT2D eigenvalue weighted by atomic mass is 9.96. The van der Waals surface area contributed by atoms with Crippen LogP contribution in [0.2, 0.25) is 10.0 Å². The SMILES string of the molecule is CCN(CC)C(=O)[C@@H]1CCC[NH+](Cc2ccc(Cl)cc2Cl)C1. The molecule has 22 heavy (non-hydrogen) atoms. The number of nitrogens with one attached hydrogen (secondary N) is 1. The molecule has 3 nitrogen and oxygen atoms in total. The standard InChI is InChI=1S/C17H24Cl2N2O/c1-3-21(4-2)17(22)14-6-5-9-20(12-14)11-13-7-8-15(18)10-16(13)19/h7-8,10,14H,3-6,9,11-12H2,1-2H3/p+1/t14-/m1/s1. The summed E-state index contributed by atoms with van der Waals surface area (Å²) in [7, 11) is 0. The summed E-state index contributed by atoms with van der Waals surface area (Å²) in [6.45, 7) is 8.53. The van der Waals surface area contributed by atoms with Gasteiger partial charge in [0.2, 0.25) is 5.91 Å². The number of likely N-dealkylation sites (tertiary alicyclic amines) is 1. The molecule has 122 valence electrons. The summed E-state index contributed by atoms with van der Waals surface area (Å²) in [5.41, 5.74) is 1.11. The van der Waals surface area contributed by atoms with Gasteiger partial charge >= 0.3 is 0 Å². The highest BCUT2D eigenvalue weighted by molar-refractivity contribution is 6.35. The fourth-order valence-electron chi connectivity index (χ4n) is 3.25. The van der Waals surface area contributed by atoms with E-state index in [9.17, 15) is 4.79 Å². The van der Waals surface area contributed by atoms with E-state index in [1.165, 1.54) is 4.90 Å². The van der Waals surface area contributed by atoms with Crippen molar-refractivity contribution in [3.8, 4) is 0 Å². The summed E-state index contributed by atoms with van der Waals surface area (Å²) in [6.07, 6.45) is 2.10. The van der Waals surface area contributed by atoms with E-state index in [0.717, 1.165) is 56.2 Å². The molecule has 1 aromatic carbocycles. The summed E-state index contributed by atoms with van der Waals surface area (Å²) in [4.78, 5) is 15.9. The number of hydrogen-bond donors (Lipinski definition) is 1. The van der Waals surface area contributed by atoms with Gasteiger partial charge < -0.3 is 9.80 Å². The van der Waals surface area contributed by atoms with Gasteiger partial charge in [-0.1, -0.05) is 29.3 Å². The number of halogens is 2. The van der Waals surface area contributed by atoms with Gasteiger partial charge in [0.25, 0.3) is 0 Å². The number of carbonyl (C=O) groups excluding carboxylic acids is 1. The van der Waals surface area contributed by atoms with Crippen molar-refractivity contribution in [1.82, 2.24) is 4.90 Å². The van der Waals surface area contributed by atoms with Gasteiger partial charge in [0.15, 0.2) is 0 Å². The number of benzene rings is 1. The smallest absolute Gasteiger partial charge is 0.231 e. The maximum Gasteiger partial charge on any atom is 0.231 e. The highest BCUT2D eigenvalue weighted by atomic mass is 35.5. The van der Waals surface area contributed by atoms with Crippen LogP contribution in [0.4, 0.5) is 0 Å².